The van der Waals surface area contributed by atoms with E-state index in [1.54, 1.807) is 0 Å². The van der Waals surface area contributed by atoms with Gasteiger partial charge in [0.1, 0.15) is 0 Å². The van der Waals surface area contributed by atoms with Gasteiger partial charge in [0.2, 0.25) is 0 Å². The second-order valence-electron chi connectivity index (χ2n) is 3.86. The van der Waals surface area contributed by atoms with Gasteiger partial charge in [-0.05, 0) is 30.3 Å². The van der Waals surface area contributed by atoms with E-state index in [0.29, 0.717) is 10.6 Å². The zero-order valence-corrected chi connectivity index (χ0v) is 9.85. The summed E-state index contributed by atoms with van der Waals surface area (Å²) in [5.74, 6) is 0. The van der Waals surface area contributed by atoms with E-state index in [1.165, 1.54) is 17.8 Å². The van der Waals surface area contributed by atoms with Crippen molar-refractivity contribution in [2.45, 2.75) is 16.0 Å². The van der Waals surface area contributed by atoms with Crippen LogP contribution in [0.4, 0.5) is 24.5 Å². The van der Waals surface area contributed by atoms with Crippen molar-refractivity contribution < 1.29 is 13.2 Å². The van der Waals surface area contributed by atoms with Crippen molar-refractivity contribution in [3.05, 3.63) is 48.0 Å². The molecule has 0 atom stereocenters. The van der Waals surface area contributed by atoms with Crippen LogP contribution >= 0.6 is 11.8 Å². The first-order valence-electron chi connectivity index (χ1n) is 5.24. The molecule has 18 heavy (non-hydrogen) atoms. The van der Waals surface area contributed by atoms with E-state index in [1.807, 2.05) is 24.3 Å². The van der Waals surface area contributed by atoms with Gasteiger partial charge in [-0.25, -0.2) is 5.32 Å². The van der Waals surface area contributed by atoms with Gasteiger partial charge in [-0.2, -0.15) is 13.2 Å². The SMILES string of the molecule is FC(F)(F)c1ccc2c(c1)Sc1ccccc1[N]2. The van der Waals surface area contributed by atoms with Crippen LogP contribution in [0, 0.1) is 0 Å². The van der Waals surface area contributed by atoms with Crippen molar-refractivity contribution >= 4 is 23.1 Å². The first-order valence-corrected chi connectivity index (χ1v) is 6.05. The van der Waals surface area contributed by atoms with E-state index in [4.69, 9.17) is 0 Å². The largest absolute Gasteiger partial charge is 0.416 e. The molecule has 0 spiro atoms. The molecule has 5 heteroatoms. The van der Waals surface area contributed by atoms with E-state index < -0.39 is 11.7 Å². The van der Waals surface area contributed by atoms with Crippen molar-refractivity contribution in [1.29, 1.82) is 0 Å². The summed E-state index contributed by atoms with van der Waals surface area (Å²) < 4.78 is 37.8. The van der Waals surface area contributed by atoms with Gasteiger partial charge >= 0.3 is 6.18 Å². The van der Waals surface area contributed by atoms with Gasteiger partial charge in [0, 0.05) is 9.79 Å². The molecule has 2 aromatic carbocycles. The van der Waals surface area contributed by atoms with Crippen LogP contribution in [0.15, 0.2) is 52.3 Å². The monoisotopic (exact) mass is 266 g/mol. The maximum absolute atomic E-state index is 12.6. The predicted molar refractivity (Wildman–Crippen MR) is 63.5 cm³/mol. The maximum atomic E-state index is 12.6. The van der Waals surface area contributed by atoms with Gasteiger partial charge in [-0.15, -0.1) is 0 Å². The molecule has 0 aromatic heterocycles. The molecule has 0 fully saturated rings. The zero-order chi connectivity index (χ0) is 12.8. The lowest BCUT2D eigenvalue weighted by molar-refractivity contribution is -0.137. The summed E-state index contributed by atoms with van der Waals surface area (Å²) in [7, 11) is 0. The Labute approximate surface area is 106 Å². The third-order valence-electron chi connectivity index (χ3n) is 2.61. The van der Waals surface area contributed by atoms with E-state index >= 15 is 0 Å². The minimum Gasteiger partial charge on any atom is -0.247 e. The van der Waals surface area contributed by atoms with Gasteiger partial charge < -0.3 is 0 Å². The number of fused-ring (bicyclic) bond motifs is 2. The summed E-state index contributed by atoms with van der Waals surface area (Å²) in [5, 5.41) is 4.34. The van der Waals surface area contributed by atoms with Crippen LogP contribution in [0.5, 0.6) is 0 Å². The smallest absolute Gasteiger partial charge is 0.247 e. The van der Waals surface area contributed by atoms with Gasteiger partial charge in [-0.3, -0.25) is 0 Å². The fourth-order valence-corrected chi connectivity index (χ4v) is 2.75. The Morgan fingerprint density at radius 1 is 0.889 bits per heavy atom. The van der Waals surface area contributed by atoms with Crippen LogP contribution < -0.4 is 5.32 Å². The number of benzene rings is 2. The molecule has 1 radical (unpaired) electrons. The maximum Gasteiger partial charge on any atom is 0.416 e. The Balaban J connectivity index is 2.04. The highest BCUT2D eigenvalue weighted by atomic mass is 32.2. The quantitative estimate of drug-likeness (QED) is 0.573. The molecule has 0 saturated heterocycles. The predicted octanol–water partition coefficient (Wildman–Crippen LogP) is 4.74. The van der Waals surface area contributed by atoms with Crippen LogP contribution in [0.2, 0.25) is 0 Å². The first-order chi connectivity index (χ1) is 8.54. The van der Waals surface area contributed by atoms with Gasteiger partial charge in [0.05, 0.1) is 16.9 Å². The Hall–Kier alpha value is -1.62. The fourth-order valence-electron chi connectivity index (χ4n) is 1.75. The van der Waals surface area contributed by atoms with Gasteiger partial charge in [-0.1, -0.05) is 23.9 Å². The summed E-state index contributed by atoms with van der Waals surface area (Å²) in [5.41, 5.74) is 0.754. The summed E-state index contributed by atoms with van der Waals surface area (Å²) in [6, 6.07) is 11.0. The minimum atomic E-state index is -4.31. The fraction of sp³-hybridized carbons (Fsp3) is 0.0769. The molecule has 1 heterocycles. The zero-order valence-electron chi connectivity index (χ0n) is 9.03. The molecule has 1 aliphatic rings. The number of alkyl halides is 3. The molecule has 1 nitrogen and oxygen atoms in total. The third kappa shape index (κ3) is 1.95. The molecule has 0 unspecified atom stereocenters. The summed E-state index contributed by atoms with van der Waals surface area (Å²) in [6.45, 7) is 0. The number of para-hydroxylation sites is 1. The van der Waals surface area contributed by atoms with Crippen molar-refractivity contribution in [1.82, 2.24) is 5.32 Å². The van der Waals surface area contributed by atoms with Gasteiger partial charge in [0.15, 0.2) is 0 Å². The molecule has 0 aliphatic carbocycles. The van der Waals surface area contributed by atoms with Crippen molar-refractivity contribution in [3.8, 4) is 0 Å². The Morgan fingerprint density at radius 3 is 2.39 bits per heavy atom. The number of nitrogens with zero attached hydrogens (tertiary/aromatic N) is 1. The number of rotatable bonds is 0. The summed E-state index contributed by atoms with van der Waals surface area (Å²) in [4.78, 5) is 1.42. The molecule has 2 aromatic rings. The normalized spacial score (nSPS) is 13.5. The highest BCUT2D eigenvalue weighted by Gasteiger charge is 2.31. The van der Waals surface area contributed by atoms with E-state index in [2.05, 4.69) is 5.32 Å². The Bertz CT molecular complexity index is 607. The molecule has 1 aliphatic heterocycles. The number of hydrogen-bond donors (Lipinski definition) is 0. The van der Waals surface area contributed by atoms with Crippen LogP contribution in [0.3, 0.4) is 0 Å². The second-order valence-corrected chi connectivity index (χ2v) is 4.95. The molecule has 0 amide bonds. The van der Waals surface area contributed by atoms with Crippen molar-refractivity contribution in [2.24, 2.45) is 0 Å². The second kappa shape index (κ2) is 3.95. The molecular weight excluding hydrogens is 259 g/mol. The molecule has 0 N–H and O–H groups in total. The lowest BCUT2D eigenvalue weighted by Gasteiger charge is -2.19. The standard InChI is InChI=1S/C13H7F3NS/c14-13(15,16)8-5-6-10-12(7-8)18-11-4-2-1-3-9(11)17-10/h1-7H. The Kier molecular flexibility index (Phi) is 2.52. The minimum absolute atomic E-state index is 0.545. The lowest BCUT2D eigenvalue weighted by atomic mass is 10.2. The molecule has 0 bridgehead atoms. The first kappa shape index (κ1) is 11.5. The van der Waals surface area contributed by atoms with Crippen LogP contribution in [0.25, 0.3) is 0 Å². The summed E-state index contributed by atoms with van der Waals surface area (Å²) in [6.07, 6.45) is -4.31. The molecule has 91 valence electrons. The van der Waals surface area contributed by atoms with E-state index in [0.717, 1.165) is 22.7 Å². The molecular formula is C13H7F3NS. The third-order valence-corrected chi connectivity index (χ3v) is 3.73. The van der Waals surface area contributed by atoms with Gasteiger partial charge in [0.25, 0.3) is 0 Å². The lowest BCUT2D eigenvalue weighted by Crippen LogP contribution is -2.06. The average Bonchev–Trinajstić information content (AvgIpc) is 2.34. The number of halogens is 3. The summed E-state index contributed by atoms with van der Waals surface area (Å²) >= 11 is 1.32. The van der Waals surface area contributed by atoms with E-state index in [9.17, 15) is 13.2 Å². The highest BCUT2D eigenvalue weighted by Crippen LogP contribution is 2.45. The van der Waals surface area contributed by atoms with Crippen LogP contribution in [0.1, 0.15) is 5.56 Å². The molecule has 0 saturated carbocycles. The van der Waals surface area contributed by atoms with Crippen molar-refractivity contribution in [3.63, 3.8) is 0 Å². The van der Waals surface area contributed by atoms with E-state index in [-0.39, 0.29) is 0 Å². The van der Waals surface area contributed by atoms with Crippen molar-refractivity contribution in [2.75, 3.05) is 0 Å². The topological polar surface area (TPSA) is 14.1 Å². The average molecular weight is 266 g/mol. The highest BCUT2D eigenvalue weighted by molar-refractivity contribution is 7.99. The Morgan fingerprint density at radius 2 is 1.61 bits per heavy atom. The molecule has 3 rings (SSSR count). The number of hydrogen-bond acceptors (Lipinski definition) is 1. The van der Waals surface area contributed by atoms with Crippen LogP contribution in [-0.4, -0.2) is 0 Å². The van der Waals surface area contributed by atoms with Crippen LogP contribution in [-0.2, 0) is 6.18 Å².